The largest absolute Gasteiger partial charge is 0.435 e. The molecule has 0 bridgehead atoms. The number of rotatable bonds is 6. The Labute approximate surface area is 143 Å². The Kier molecular flexibility index (Phi) is 4.87. The van der Waals surface area contributed by atoms with Crippen molar-refractivity contribution in [3.05, 3.63) is 53.9 Å². The molecule has 0 fully saturated rings. The number of benzene rings is 1. The number of anilines is 1. The summed E-state index contributed by atoms with van der Waals surface area (Å²) in [4.78, 5) is 8.79. The van der Waals surface area contributed by atoms with E-state index in [-0.39, 0.29) is 5.75 Å². The first-order chi connectivity index (χ1) is 12.0. The fraction of sp³-hybridized carbons (Fsp3) is 0.235. The van der Waals surface area contributed by atoms with Crippen molar-refractivity contribution >= 4 is 5.95 Å². The van der Waals surface area contributed by atoms with Crippen LogP contribution >= 0.6 is 0 Å². The van der Waals surface area contributed by atoms with Crippen LogP contribution in [0.1, 0.15) is 11.1 Å². The van der Waals surface area contributed by atoms with Gasteiger partial charge < -0.3 is 10.1 Å². The number of hydrogen-bond acceptors (Lipinski definition) is 5. The van der Waals surface area contributed by atoms with Gasteiger partial charge in [-0.25, -0.2) is 9.97 Å². The third-order valence-corrected chi connectivity index (χ3v) is 3.61. The highest BCUT2D eigenvalue weighted by Crippen LogP contribution is 2.21. The monoisotopic (exact) mass is 345 g/mol. The summed E-state index contributed by atoms with van der Waals surface area (Å²) < 4.78 is 30.7. The van der Waals surface area contributed by atoms with Gasteiger partial charge in [-0.2, -0.15) is 13.9 Å². The first-order valence-electron chi connectivity index (χ1n) is 7.62. The summed E-state index contributed by atoms with van der Waals surface area (Å²) >= 11 is 0. The van der Waals surface area contributed by atoms with Gasteiger partial charge in [-0.15, -0.1) is 0 Å². The van der Waals surface area contributed by atoms with Crippen LogP contribution in [0.5, 0.6) is 5.75 Å². The second kappa shape index (κ2) is 7.25. The van der Waals surface area contributed by atoms with E-state index in [2.05, 4.69) is 25.1 Å². The molecule has 0 unspecified atom stereocenters. The van der Waals surface area contributed by atoms with Crippen LogP contribution in [-0.2, 0) is 13.6 Å². The van der Waals surface area contributed by atoms with E-state index in [1.807, 2.05) is 26.1 Å². The summed E-state index contributed by atoms with van der Waals surface area (Å²) in [6, 6.07) is 8.38. The van der Waals surface area contributed by atoms with E-state index in [4.69, 9.17) is 0 Å². The molecule has 3 rings (SSSR count). The second-order valence-electron chi connectivity index (χ2n) is 5.44. The fourth-order valence-electron chi connectivity index (χ4n) is 2.41. The Bertz CT molecular complexity index is 866. The summed E-state index contributed by atoms with van der Waals surface area (Å²) in [5.74, 6) is 0.566. The lowest BCUT2D eigenvalue weighted by molar-refractivity contribution is -0.0498. The Morgan fingerprint density at radius 1 is 1.28 bits per heavy atom. The van der Waals surface area contributed by atoms with Crippen LogP contribution in [-0.4, -0.2) is 26.4 Å². The van der Waals surface area contributed by atoms with Crippen LogP contribution in [0.25, 0.3) is 11.4 Å². The number of ether oxygens (including phenoxy) is 1. The van der Waals surface area contributed by atoms with Gasteiger partial charge in [-0.3, -0.25) is 4.68 Å². The van der Waals surface area contributed by atoms with Gasteiger partial charge in [0.25, 0.3) is 0 Å². The molecule has 6 nitrogen and oxygen atoms in total. The summed E-state index contributed by atoms with van der Waals surface area (Å²) in [6.45, 7) is -0.531. The summed E-state index contributed by atoms with van der Waals surface area (Å²) in [6.07, 6.45) is 3.44. The number of halogens is 2. The van der Waals surface area contributed by atoms with Crippen molar-refractivity contribution in [1.29, 1.82) is 0 Å². The molecule has 2 aromatic heterocycles. The standard InChI is InChI=1S/C17H17F2N5O/c1-11-9-20-17(23-15(11)14-6-7-22-24(14)2)21-10-12-4-3-5-13(8-12)25-16(18)19/h3-9,16H,10H2,1-2H3,(H,20,21,23). The highest BCUT2D eigenvalue weighted by Gasteiger charge is 2.10. The van der Waals surface area contributed by atoms with Crippen LogP contribution in [0.4, 0.5) is 14.7 Å². The van der Waals surface area contributed by atoms with Gasteiger partial charge >= 0.3 is 6.61 Å². The molecule has 1 aromatic carbocycles. The van der Waals surface area contributed by atoms with Gasteiger partial charge in [-0.05, 0) is 36.2 Å². The molecule has 130 valence electrons. The third kappa shape index (κ3) is 4.09. The lowest BCUT2D eigenvalue weighted by Gasteiger charge is -2.10. The van der Waals surface area contributed by atoms with Gasteiger partial charge in [0.15, 0.2) is 0 Å². The van der Waals surface area contributed by atoms with Gasteiger partial charge in [0.1, 0.15) is 5.75 Å². The van der Waals surface area contributed by atoms with E-state index < -0.39 is 6.61 Å². The van der Waals surface area contributed by atoms with Gasteiger partial charge in [-0.1, -0.05) is 12.1 Å². The van der Waals surface area contributed by atoms with Crippen LogP contribution < -0.4 is 10.1 Å². The van der Waals surface area contributed by atoms with Crippen LogP contribution in [0.15, 0.2) is 42.7 Å². The Hall–Kier alpha value is -3.03. The van der Waals surface area contributed by atoms with E-state index >= 15 is 0 Å². The first kappa shape index (κ1) is 16.8. The number of nitrogens with zero attached hydrogens (tertiary/aromatic N) is 4. The number of nitrogens with one attached hydrogen (secondary N) is 1. The van der Waals surface area contributed by atoms with Crippen molar-refractivity contribution in [2.45, 2.75) is 20.1 Å². The molecule has 0 aliphatic rings. The summed E-state index contributed by atoms with van der Waals surface area (Å²) in [5.41, 5.74) is 3.38. The van der Waals surface area contributed by atoms with Crippen molar-refractivity contribution in [3.8, 4) is 17.1 Å². The average molecular weight is 345 g/mol. The molecule has 1 N–H and O–H groups in total. The Morgan fingerprint density at radius 2 is 2.12 bits per heavy atom. The fourth-order valence-corrected chi connectivity index (χ4v) is 2.41. The number of hydrogen-bond donors (Lipinski definition) is 1. The van der Waals surface area contributed by atoms with Gasteiger partial charge in [0.05, 0.1) is 11.4 Å². The minimum Gasteiger partial charge on any atom is -0.435 e. The maximum atomic E-state index is 12.3. The smallest absolute Gasteiger partial charge is 0.387 e. The zero-order valence-corrected chi connectivity index (χ0v) is 13.8. The summed E-state index contributed by atoms with van der Waals surface area (Å²) in [5, 5.41) is 7.25. The molecule has 25 heavy (non-hydrogen) atoms. The Morgan fingerprint density at radius 3 is 2.84 bits per heavy atom. The minimum atomic E-state index is -2.84. The van der Waals surface area contributed by atoms with E-state index in [1.165, 1.54) is 6.07 Å². The van der Waals surface area contributed by atoms with Crippen LogP contribution in [0.2, 0.25) is 0 Å². The zero-order chi connectivity index (χ0) is 17.8. The van der Waals surface area contributed by atoms with E-state index in [0.29, 0.717) is 12.5 Å². The minimum absolute atomic E-state index is 0.120. The molecule has 0 aliphatic carbocycles. The quantitative estimate of drug-likeness (QED) is 0.742. The maximum absolute atomic E-state index is 12.3. The predicted octanol–water partition coefficient (Wildman–Crippen LogP) is 3.40. The lowest BCUT2D eigenvalue weighted by Crippen LogP contribution is -2.07. The third-order valence-electron chi connectivity index (χ3n) is 3.61. The molecule has 0 spiro atoms. The molecular formula is C17H17F2N5O. The highest BCUT2D eigenvalue weighted by molar-refractivity contribution is 5.59. The lowest BCUT2D eigenvalue weighted by atomic mass is 10.2. The van der Waals surface area contributed by atoms with Crippen molar-refractivity contribution < 1.29 is 13.5 Å². The van der Waals surface area contributed by atoms with Crippen LogP contribution in [0, 0.1) is 6.92 Å². The van der Waals surface area contributed by atoms with Crippen molar-refractivity contribution in [2.24, 2.45) is 7.05 Å². The molecule has 0 atom stereocenters. The van der Waals surface area contributed by atoms with E-state index in [9.17, 15) is 8.78 Å². The summed E-state index contributed by atoms with van der Waals surface area (Å²) in [7, 11) is 1.85. The van der Waals surface area contributed by atoms with E-state index in [0.717, 1.165) is 22.5 Å². The Balaban J connectivity index is 1.75. The number of aryl methyl sites for hydroxylation is 2. The molecule has 0 amide bonds. The normalized spacial score (nSPS) is 10.9. The van der Waals surface area contributed by atoms with E-state index in [1.54, 1.807) is 29.2 Å². The molecular weight excluding hydrogens is 328 g/mol. The van der Waals surface area contributed by atoms with Crippen LogP contribution in [0.3, 0.4) is 0 Å². The van der Waals surface area contributed by atoms with Gasteiger partial charge in [0, 0.05) is 26.0 Å². The average Bonchev–Trinajstić information content (AvgIpc) is 3.00. The first-order valence-corrected chi connectivity index (χ1v) is 7.62. The molecule has 0 saturated carbocycles. The topological polar surface area (TPSA) is 64.9 Å². The SMILES string of the molecule is Cc1cnc(NCc2cccc(OC(F)F)c2)nc1-c1ccnn1C. The molecule has 2 heterocycles. The predicted molar refractivity (Wildman–Crippen MR) is 89.4 cm³/mol. The molecule has 0 saturated heterocycles. The van der Waals surface area contributed by atoms with Crippen molar-refractivity contribution in [3.63, 3.8) is 0 Å². The molecule has 0 radical (unpaired) electrons. The molecule has 8 heteroatoms. The van der Waals surface area contributed by atoms with Crippen molar-refractivity contribution in [2.75, 3.05) is 5.32 Å². The highest BCUT2D eigenvalue weighted by atomic mass is 19.3. The second-order valence-corrected chi connectivity index (χ2v) is 5.44. The number of alkyl halides is 2. The number of aromatic nitrogens is 4. The van der Waals surface area contributed by atoms with Gasteiger partial charge in [0.2, 0.25) is 5.95 Å². The molecule has 3 aromatic rings. The maximum Gasteiger partial charge on any atom is 0.387 e. The van der Waals surface area contributed by atoms with Crippen molar-refractivity contribution in [1.82, 2.24) is 19.7 Å². The molecule has 0 aliphatic heterocycles. The zero-order valence-electron chi connectivity index (χ0n) is 13.8.